The highest BCUT2D eigenvalue weighted by atomic mass is 32.1. The summed E-state index contributed by atoms with van der Waals surface area (Å²) in [6.45, 7) is 0. The Kier molecular flexibility index (Phi) is 4.92. The maximum atomic E-state index is 15.6. The number of hydrogen-bond acceptors (Lipinski definition) is 3. The highest BCUT2D eigenvalue weighted by Gasteiger charge is 2.39. The van der Waals surface area contributed by atoms with Crippen molar-refractivity contribution in [3.63, 3.8) is 0 Å². The molecule has 4 aromatic rings. The van der Waals surface area contributed by atoms with Gasteiger partial charge in [-0.2, -0.15) is 0 Å². The molecule has 0 saturated carbocycles. The van der Waals surface area contributed by atoms with Crippen LogP contribution in [-0.2, 0) is 18.3 Å². The van der Waals surface area contributed by atoms with Crippen LogP contribution in [0.15, 0.2) is 90.7 Å². The van der Waals surface area contributed by atoms with Gasteiger partial charge >= 0.3 is 0 Å². The maximum absolute atomic E-state index is 15.6. The summed E-state index contributed by atoms with van der Waals surface area (Å²) in [5.41, 5.74) is 6.27. The van der Waals surface area contributed by atoms with Crippen LogP contribution in [0.4, 0.5) is 4.39 Å². The summed E-state index contributed by atoms with van der Waals surface area (Å²) in [6, 6.07) is 15.3. The number of methoxy groups -OCH3 is 1. The predicted octanol–water partition coefficient (Wildman–Crippen LogP) is 6.88. The third kappa shape index (κ3) is 3.18. The first kappa shape index (κ1) is 22.8. The number of hydrogen-bond donors (Lipinski definition) is 0. The van der Waals surface area contributed by atoms with Gasteiger partial charge in [-0.1, -0.05) is 54.6 Å². The van der Waals surface area contributed by atoms with E-state index in [1.54, 1.807) is 19.2 Å². The van der Waals surface area contributed by atoms with E-state index in [0.29, 0.717) is 12.0 Å². The molecule has 0 fully saturated rings. The molecule has 3 aliphatic carbocycles. The van der Waals surface area contributed by atoms with E-state index in [0.717, 1.165) is 29.9 Å². The van der Waals surface area contributed by atoms with Crippen LogP contribution in [0.5, 0.6) is 11.5 Å². The summed E-state index contributed by atoms with van der Waals surface area (Å²) in [7, 11) is 1.67. The molecule has 2 heterocycles. The molecule has 1 aliphatic heterocycles. The highest BCUT2D eigenvalue weighted by Crippen LogP contribution is 2.48. The number of halogens is 1. The fourth-order valence-electron chi connectivity index (χ4n) is 6.76. The van der Waals surface area contributed by atoms with Crippen LogP contribution in [0.3, 0.4) is 0 Å². The lowest BCUT2D eigenvalue weighted by Gasteiger charge is -2.35. The van der Waals surface area contributed by atoms with Gasteiger partial charge in [-0.3, -0.25) is 0 Å². The molecule has 0 radical (unpaired) electrons. The zero-order valence-corrected chi connectivity index (χ0v) is 22.3. The van der Waals surface area contributed by atoms with Crippen LogP contribution < -0.4 is 19.9 Å². The van der Waals surface area contributed by atoms with Gasteiger partial charge in [-0.15, -0.1) is 11.3 Å². The highest BCUT2D eigenvalue weighted by molar-refractivity contribution is 7.20. The van der Waals surface area contributed by atoms with Crippen molar-refractivity contribution >= 4 is 39.1 Å². The third-order valence-electron chi connectivity index (χ3n) is 8.57. The minimum Gasteiger partial charge on any atom is -0.497 e. The summed E-state index contributed by atoms with van der Waals surface area (Å²) in [6.07, 6.45) is 19.6. The molecule has 0 spiro atoms. The van der Waals surface area contributed by atoms with Crippen LogP contribution in [0.25, 0.3) is 27.8 Å². The summed E-state index contributed by atoms with van der Waals surface area (Å²) in [5.74, 6) is 1.59. The smallest absolute Gasteiger partial charge is 0.139 e. The van der Waals surface area contributed by atoms with Gasteiger partial charge in [0.05, 0.1) is 13.4 Å². The molecular formula is C35H25FO2S. The molecule has 0 amide bonds. The van der Waals surface area contributed by atoms with Crippen LogP contribution in [-0.4, -0.2) is 7.11 Å². The van der Waals surface area contributed by atoms with Gasteiger partial charge in [0, 0.05) is 36.7 Å². The first-order chi connectivity index (χ1) is 19.2. The Morgan fingerprint density at radius 2 is 1.87 bits per heavy atom. The van der Waals surface area contributed by atoms with Crippen LogP contribution in [0, 0.1) is 5.82 Å². The molecule has 39 heavy (non-hydrogen) atoms. The van der Waals surface area contributed by atoms with E-state index in [4.69, 9.17) is 9.47 Å². The van der Waals surface area contributed by atoms with Crippen molar-refractivity contribution in [2.24, 2.45) is 0 Å². The zero-order chi connectivity index (χ0) is 26.1. The summed E-state index contributed by atoms with van der Waals surface area (Å²) in [5, 5.41) is 3.79. The van der Waals surface area contributed by atoms with E-state index >= 15 is 4.39 Å². The molecule has 190 valence electrons. The molecule has 4 heteroatoms. The molecule has 0 saturated heterocycles. The Balaban J connectivity index is 1.45. The van der Waals surface area contributed by atoms with E-state index in [-0.39, 0.29) is 5.82 Å². The number of rotatable bonds is 3. The first-order valence-corrected chi connectivity index (χ1v) is 14.1. The Morgan fingerprint density at radius 3 is 2.72 bits per heavy atom. The lowest BCUT2D eigenvalue weighted by atomic mass is 9.67. The molecular weight excluding hydrogens is 503 g/mol. The van der Waals surface area contributed by atoms with Crippen LogP contribution in [0.1, 0.15) is 33.6 Å². The SMILES string of the molecule is COc1ccc(C2(c3ccccc3F)C=Cc3sc4c5c(c6c(c4c3C2)=C2CC=CC=C2C=6)OC=CC5)cc1. The molecule has 8 rings (SSSR count). The van der Waals surface area contributed by atoms with E-state index in [1.165, 1.54) is 47.7 Å². The van der Waals surface area contributed by atoms with Gasteiger partial charge in [0.2, 0.25) is 0 Å². The van der Waals surface area contributed by atoms with E-state index in [2.05, 4.69) is 54.7 Å². The molecule has 1 atom stereocenters. The predicted molar refractivity (Wildman–Crippen MR) is 157 cm³/mol. The Hall–Kier alpha value is -4.15. The zero-order valence-electron chi connectivity index (χ0n) is 21.5. The average Bonchev–Trinajstić information content (AvgIpc) is 3.56. The Labute approximate surface area is 230 Å². The lowest BCUT2D eigenvalue weighted by Crippen LogP contribution is -2.33. The van der Waals surface area contributed by atoms with Crippen LogP contribution in [0.2, 0.25) is 0 Å². The largest absolute Gasteiger partial charge is 0.497 e. The van der Waals surface area contributed by atoms with Gasteiger partial charge in [0.15, 0.2) is 0 Å². The number of benzene rings is 3. The van der Waals surface area contributed by atoms with E-state index < -0.39 is 5.41 Å². The molecule has 0 N–H and O–H groups in total. The molecule has 3 aromatic carbocycles. The van der Waals surface area contributed by atoms with Crippen LogP contribution >= 0.6 is 11.3 Å². The van der Waals surface area contributed by atoms with Gasteiger partial charge in [0.25, 0.3) is 0 Å². The quantitative estimate of drug-likeness (QED) is 0.289. The second kappa shape index (κ2) is 8.42. The Morgan fingerprint density at radius 1 is 1.00 bits per heavy atom. The number of allylic oxidation sites excluding steroid dienone is 6. The van der Waals surface area contributed by atoms with Crippen molar-refractivity contribution in [3.8, 4) is 11.5 Å². The van der Waals surface area contributed by atoms with Crippen molar-refractivity contribution in [2.75, 3.05) is 7.11 Å². The van der Waals surface area contributed by atoms with Crippen molar-refractivity contribution in [2.45, 2.75) is 24.7 Å². The Bertz CT molecular complexity index is 1950. The van der Waals surface area contributed by atoms with Crippen molar-refractivity contribution in [1.29, 1.82) is 0 Å². The fraction of sp³-hybridized carbons (Fsp3) is 0.143. The standard InChI is InChI=1S/C35H25FO2S/c1-37-23-14-12-22(13-15-23)35(28-10-4-5-11-29(28)36)17-16-30-27(20-35)32-31-24-8-3-2-7-21(24)19-26(31)33-25(34(32)39-30)9-6-18-38-33/h2-7,10-19H,8-9,20H2,1H3. The first-order valence-electron chi connectivity index (χ1n) is 13.3. The van der Waals surface area contributed by atoms with Gasteiger partial charge < -0.3 is 9.47 Å². The third-order valence-corrected chi connectivity index (χ3v) is 9.83. The van der Waals surface area contributed by atoms with Gasteiger partial charge in [-0.25, -0.2) is 4.39 Å². The van der Waals surface area contributed by atoms with Crippen molar-refractivity contribution in [3.05, 3.63) is 134 Å². The summed E-state index contributed by atoms with van der Waals surface area (Å²) < 4.78 is 28.6. The van der Waals surface area contributed by atoms with Gasteiger partial charge in [0.1, 0.15) is 17.3 Å². The van der Waals surface area contributed by atoms with Crippen molar-refractivity contribution < 1.29 is 13.9 Å². The second-order valence-electron chi connectivity index (χ2n) is 10.5. The minimum atomic E-state index is -0.643. The van der Waals surface area contributed by atoms with Gasteiger partial charge in [-0.05, 0) is 83.2 Å². The minimum absolute atomic E-state index is 0.188. The number of ether oxygens (including phenoxy) is 2. The average molecular weight is 529 g/mol. The molecule has 2 nitrogen and oxygen atoms in total. The normalized spacial score (nSPS) is 20.1. The number of thiophene rings is 1. The van der Waals surface area contributed by atoms with E-state index in [1.807, 2.05) is 41.9 Å². The lowest BCUT2D eigenvalue weighted by molar-refractivity contribution is 0.414. The molecule has 1 aromatic heterocycles. The van der Waals surface area contributed by atoms with Crippen molar-refractivity contribution in [1.82, 2.24) is 0 Å². The molecule has 4 aliphatic rings. The van der Waals surface area contributed by atoms with E-state index in [9.17, 15) is 0 Å². The number of fused-ring (bicyclic) bond motifs is 9. The maximum Gasteiger partial charge on any atom is 0.139 e. The second-order valence-corrected chi connectivity index (χ2v) is 11.6. The monoisotopic (exact) mass is 528 g/mol. The summed E-state index contributed by atoms with van der Waals surface area (Å²) >= 11 is 1.84. The molecule has 0 bridgehead atoms. The topological polar surface area (TPSA) is 18.5 Å². The molecule has 1 unspecified atom stereocenters. The summed E-state index contributed by atoms with van der Waals surface area (Å²) in [4.78, 5) is 1.25. The fourth-order valence-corrected chi connectivity index (χ4v) is 8.04.